The van der Waals surface area contributed by atoms with Gasteiger partial charge in [-0.3, -0.25) is 0 Å². The van der Waals surface area contributed by atoms with Gasteiger partial charge in [0.05, 0.1) is 0 Å². The molecule has 1 aliphatic carbocycles. The summed E-state index contributed by atoms with van der Waals surface area (Å²) in [5.74, 6) is 0. The first kappa shape index (κ1) is 16.1. The highest BCUT2D eigenvalue weighted by Crippen LogP contribution is 2.38. The molecule has 0 aromatic heterocycles. The second kappa shape index (κ2) is 7.27. The number of hydrogen-bond acceptors (Lipinski definition) is 0. The van der Waals surface area contributed by atoms with Gasteiger partial charge in [0.1, 0.15) is 0 Å². The summed E-state index contributed by atoms with van der Waals surface area (Å²) in [4.78, 5) is 0. The standard InChI is InChI=1S/C25H26/c1-2-3-4-5-10-19-17-21-13-9-16-24(25(21)18-19)23-15-8-12-20-11-6-7-14-22(20)23/h6-9,11-16,18H,2-5,10,17H2,1H3. The fourth-order valence-electron chi connectivity index (χ4n) is 4.07. The highest BCUT2D eigenvalue weighted by Gasteiger charge is 2.17. The highest BCUT2D eigenvalue weighted by atomic mass is 14.2. The SMILES string of the molecule is CCCCCCC1=Cc2c(cccc2-c2cccc3ccccc23)C1. The zero-order chi connectivity index (χ0) is 17.1. The van der Waals surface area contributed by atoms with Crippen molar-refractivity contribution in [1.82, 2.24) is 0 Å². The van der Waals surface area contributed by atoms with Crippen LogP contribution in [0.15, 0.2) is 66.2 Å². The van der Waals surface area contributed by atoms with Gasteiger partial charge in [0, 0.05) is 0 Å². The Balaban J connectivity index is 1.69. The van der Waals surface area contributed by atoms with Crippen LogP contribution in [0.2, 0.25) is 0 Å². The zero-order valence-electron chi connectivity index (χ0n) is 15.1. The number of unbranched alkanes of at least 4 members (excludes halogenated alkanes) is 3. The van der Waals surface area contributed by atoms with Crippen molar-refractivity contribution in [3.63, 3.8) is 0 Å². The molecule has 0 aliphatic heterocycles. The molecule has 0 radical (unpaired) electrons. The maximum atomic E-state index is 2.47. The molecule has 0 unspecified atom stereocenters. The van der Waals surface area contributed by atoms with Crippen molar-refractivity contribution in [2.75, 3.05) is 0 Å². The van der Waals surface area contributed by atoms with E-state index >= 15 is 0 Å². The maximum absolute atomic E-state index is 2.47. The first-order valence-corrected chi connectivity index (χ1v) is 9.66. The highest BCUT2D eigenvalue weighted by molar-refractivity contribution is 5.99. The average molecular weight is 326 g/mol. The smallest absolute Gasteiger partial charge is 0.00576 e. The molecule has 3 aromatic carbocycles. The van der Waals surface area contributed by atoms with Crippen LogP contribution in [0.3, 0.4) is 0 Å². The number of hydrogen-bond donors (Lipinski definition) is 0. The summed E-state index contributed by atoms with van der Waals surface area (Å²) in [6, 6.07) is 22.2. The molecule has 126 valence electrons. The van der Waals surface area contributed by atoms with Crippen LogP contribution >= 0.6 is 0 Å². The van der Waals surface area contributed by atoms with Crippen molar-refractivity contribution in [3.05, 3.63) is 77.4 Å². The Kier molecular flexibility index (Phi) is 4.70. The molecular weight excluding hydrogens is 300 g/mol. The molecule has 0 heterocycles. The molecular formula is C25H26. The lowest BCUT2D eigenvalue weighted by molar-refractivity contribution is 0.662. The monoisotopic (exact) mass is 326 g/mol. The molecule has 0 nitrogen and oxygen atoms in total. The van der Waals surface area contributed by atoms with Crippen molar-refractivity contribution in [1.29, 1.82) is 0 Å². The fourth-order valence-corrected chi connectivity index (χ4v) is 4.07. The summed E-state index contributed by atoms with van der Waals surface area (Å²) >= 11 is 0. The van der Waals surface area contributed by atoms with E-state index in [2.05, 4.69) is 73.7 Å². The lowest BCUT2D eigenvalue weighted by Gasteiger charge is -2.11. The normalized spacial score (nSPS) is 13.1. The molecule has 0 atom stereocenters. The molecule has 0 saturated heterocycles. The first-order valence-electron chi connectivity index (χ1n) is 9.66. The second-order valence-corrected chi connectivity index (χ2v) is 7.20. The van der Waals surface area contributed by atoms with E-state index in [-0.39, 0.29) is 0 Å². The van der Waals surface area contributed by atoms with Gasteiger partial charge in [-0.15, -0.1) is 0 Å². The predicted octanol–water partition coefficient (Wildman–Crippen LogP) is 7.42. The molecule has 4 rings (SSSR count). The number of benzene rings is 3. The Hall–Kier alpha value is -2.34. The Morgan fingerprint density at radius 3 is 2.48 bits per heavy atom. The molecule has 0 N–H and O–H groups in total. The van der Waals surface area contributed by atoms with Crippen molar-refractivity contribution in [3.8, 4) is 11.1 Å². The van der Waals surface area contributed by atoms with E-state index in [4.69, 9.17) is 0 Å². The van der Waals surface area contributed by atoms with Gasteiger partial charge in [-0.1, -0.05) is 98.5 Å². The van der Waals surface area contributed by atoms with Gasteiger partial charge in [-0.25, -0.2) is 0 Å². The van der Waals surface area contributed by atoms with Crippen molar-refractivity contribution in [2.24, 2.45) is 0 Å². The third-order valence-corrected chi connectivity index (χ3v) is 5.39. The fraction of sp³-hybridized carbons (Fsp3) is 0.280. The van der Waals surface area contributed by atoms with Gasteiger partial charge in [-0.05, 0) is 52.3 Å². The summed E-state index contributed by atoms with van der Waals surface area (Å²) in [7, 11) is 0. The van der Waals surface area contributed by atoms with Gasteiger partial charge in [0.2, 0.25) is 0 Å². The predicted molar refractivity (Wildman–Crippen MR) is 110 cm³/mol. The zero-order valence-corrected chi connectivity index (χ0v) is 15.1. The molecule has 0 fully saturated rings. The lowest BCUT2D eigenvalue weighted by atomic mass is 9.93. The van der Waals surface area contributed by atoms with Gasteiger partial charge < -0.3 is 0 Å². The van der Waals surface area contributed by atoms with Gasteiger partial charge in [0.25, 0.3) is 0 Å². The van der Waals surface area contributed by atoms with E-state index < -0.39 is 0 Å². The minimum atomic E-state index is 1.14. The third-order valence-electron chi connectivity index (χ3n) is 5.39. The molecule has 0 saturated carbocycles. The van der Waals surface area contributed by atoms with Gasteiger partial charge >= 0.3 is 0 Å². The molecule has 1 aliphatic rings. The number of fused-ring (bicyclic) bond motifs is 2. The average Bonchev–Trinajstić information content (AvgIpc) is 3.08. The Morgan fingerprint density at radius 1 is 0.760 bits per heavy atom. The third kappa shape index (κ3) is 3.26. The van der Waals surface area contributed by atoms with Crippen LogP contribution in [0.1, 0.15) is 50.2 Å². The van der Waals surface area contributed by atoms with Crippen LogP contribution in [-0.2, 0) is 6.42 Å². The van der Waals surface area contributed by atoms with E-state index in [0.717, 1.165) is 6.42 Å². The first-order chi connectivity index (χ1) is 12.4. The van der Waals surface area contributed by atoms with Crippen molar-refractivity contribution >= 4 is 16.8 Å². The van der Waals surface area contributed by atoms with E-state index in [9.17, 15) is 0 Å². The molecule has 0 amide bonds. The topological polar surface area (TPSA) is 0 Å². The Labute approximate surface area is 151 Å². The summed E-state index contributed by atoms with van der Waals surface area (Å²) in [5.41, 5.74) is 7.30. The summed E-state index contributed by atoms with van der Waals surface area (Å²) in [6.45, 7) is 2.28. The van der Waals surface area contributed by atoms with Crippen LogP contribution in [0, 0.1) is 0 Å². The van der Waals surface area contributed by atoms with Crippen LogP contribution in [0.25, 0.3) is 28.0 Å². The van der Waals surface area contributed by atoms with Gasteiger partial charge in [0.15, 0.2) is 0 Å². The van der Waals surface area contributed by atoms with E-state index in [1.165, 1.54) is 65.1 Å². The van der Waals surface area contributed by atoms with Crippen LogP contribution in [-0.4, -0.2) is 0 Å². The van der Waals surface area contributed by atoms with Gasteiger partial charge in [-0.2, -0.15) is 0 Å². The quantitative estimate of drug-likeness (QED) is 0.413. The summed E-state index contributed by atoms with van der Waals surface area (Å²) in [6.07, 6.45) is 10.2. The summed E-state index contributed by atoms with van der Waals surface area (Å²) in [5, 5.41) is 2.67. The maximum Gasteiger partial charge on any atom is -0.00576 e. The number of rotatable bonds is 6. The largest absolute Gasteiger partial charge is 0.0654 e. The Bertz CT molecular complexity index is 909. The van der Waals surface area contributed by atoms with Crippen molar-refractivity contribution in [2.45, 2.75) is 45.4 Å². The van der Waals surface area contributed by atoms with Crippen LogP contribution in [0.5, 0.6) is 0 Å². The second-order valence-electron chi connectivity index (χ2n) is 7.20. The minimum Gasteiger partial charge on any atom is -0.0654 e. The Morgan fingerprint density at radius 2 is 1.56 bits per heavy atom. The van der Waals surface area contributed by atoms with Crippen LogP contribution < -0.4 is 0 Å². The summed E-state index contributed by atoms with van der Waals surface area (Å²) < 4.78 is 0. The van der Waals surface area contributed by atoms with E-state index in [1.807, 2.05) is 0 Å². The number of allylic oxidation sites excluding steroid dienone is 1. The molecule has 0 heteroatoms. The van der Waals surface area contributed by atoms with Crippen molar-refractivity contribution < 1.29 is 0 Å². The minimum absolute atomic E-state index is 1.14. The van der Waals surface area contributed by atoms with Crippen LogP contribution in [0.4, 0.5) is 0 Å². The molecule has 3 aromatic rings. The molecule has 25 heavy (non-hydrogen) atoms. The lowest BCUT2D eigenvalue weighted by Crippen LogP contribution is -1.89. The van der Waals surface area contributed by atoms with E-state index in [1.54, 1.807) is 5.57 Å². The molecule has 0 bridgehead atoms. The van der Waals surface area contributed by atoms with E-state index in [0.29, 0.717) is 0 Å². The molecule has 0 spiro atoms.